The lowest BCUT2D eigenvalue weighted by molar-refractivity contribution is 0.379. The van der Waals surface area contributed by atoms with E-state index >= 15 is 0 Å². The molecule has 0 radical (unpaired) electrons. The molecule has 2 heteroatoms. The Bertz CT molecular complexity index is 634. The molecule has 0 spiro atoms. The molecule has 23 heavy (non-hydrogen) atoms. The van der Waals surface area contributed by atoms with Gasteiger partial charge < -0.3 is 9.80 Å². The van der Waals surface area contributed by atoms with Crippen LogP contribution >= 0.6 is 0 Å². The van der Waals surface area contributed by atoms with Crippen LogP contribution in [-0.4, -0.2) is 32.6 Å². The lowest BCUT2D eigenvalue weighted by Gasteiger charge is -2.33. The molecule has 122 valence electrons. The molecule has 0 bridgehead atoms. The predicted octanol–water partition coefficient (Wildman–Crippen LogP) is 4.30. The van der Waals surface area contributed by atoms with E-state index in [4.69, 9.17) is 0 Å². The fraction of sp³-hybridized carbons (Fsp3) is 0.429. The second kappa shape index (κ2) is 7.18. The number of hydrogen-bond acceptors (Lipinski definition) is 2. The Morgan fingerprint density at radius 2 is 1.70 bits per heavy atom. The van der Waals surface area contributed by atoms with Gasteiger partial charge in [0.05, 0.1) is 6.04 Å². The van der Waals surface area contributed by atoms with Crippen LogP contribution in [0.3, 0.4) is 0 Å². The molecular weight excluding hydrogens is 280 g/mol. The summed E-state index contributed by atoms with van der Waals surface area (Å²) >= 11 is 0. The van der Waals surface area contributed by atoms with Crippen molar-refractivity contribution < 1.29 is 0 Å². The molecule has 3 rings (SSSR count). The topological polar surface area (TPSA) is 6.48 Å². The van der Waals surface area contributed by atoms with Crippen molar-refractivity contribution in [1.82, 2.24) is 4.90 Å². The zero-order valence-corrected chi connectivity index (χ0v) is 14.6. The van der Waals surface area contributed by atoms with E-state index in [1.165, 1.54) is 30.5 Å². The molecule has 0 aromatic heterocycles. The Morgan fingerprint density at radius 1 is 0.913 bits per heavy atom. The maximum Gasteiger partial charge on any atom is 0.0551 e. The fourth-order valence-electron chi connectivity index (χ4n) is 3.74. The van der Waals surface area contributed by atoms with Gasteiger partial charge in [0.1, 0.15) is 0 Å². The number of hydrogen-bond donors (Lipinski definition) is 0. The summed E-state index contributed by atoms with van der Waals surface area (Å²) in [5.74, 6) is 0. The summed E-state index contributed by atoms with van der Waals surface area (Å²) in [6.45, 7) is 1.10. The van der Waals surface area contributed by atoms with Crippen molar-refractivity contribution in [3.63, 3.8) is 0 Å². The Kier molecular flexibility index (Phi) is 5.02. The van der Waals surface area contributed by atoms with Crippen LogP contribution in [0.25, 0.3) is 0 Å². The summed E-state index contributed by atoms with van der Waals surface area (Å²) in [7, 11) is 6.58. The number of benzene rings is 2. The molecule has 1 aliphatic rings. The lowest BCUT2D eigenvalue weighted by atomic mass is 9.99. The molecule has 0 saturated heterocycles. The van der Waals surface area contributed by atoms with Gasteiger partial charge in [0, 0.05) is 12.7 Å². The number of fused-ring (bicyclic) bond motifs is 1. The summed E-state index contributed by atoms with van der Waals surface area (Å²) < 4.78 is 0. The van der Waals surface area contributed by atoms with Gasteiger partial charge in [-0.1, -0.05) is 42.5 Å². The van der Waals surface area contributed by atoms with Crippen LogP contribution < -0.4 is 4.90 Å². The van der Waals surface area contributed by atoms with Crippen molar-refractivity contribution in [1.29, 1.82) is 0 Å². The van der Waals surface area contributed by atoms with Crippen molar-refractivity contribution in [2.24, 2.45) is 0 Å². The highest BCUT2D eigenvalue weighted by Gasteiger charge is 2.22. The number of rotatable bonds is 6. The SMILES string of the molecule is CN(C)CCC(c1ccccc1)N(C)c1cccc2c1CCC2. The van der Waals surface area contributed by atoms with Crippen LogP contribution in [0.1, 0.15) is 35.6 Å². The molecule has 1 unspecified atom stereocenters. The van der Waals surface area contributed by atoms with Crippen molar-refractivity contribution >= 4 is 5.69 Å². The highest BCUT2D eigenvalue weighted by atomic mass is 15.1. The second-order valence-electron chi connectivity index (χ2n) is 6.90. The van der Waals surface area contributed by atoms with E-state index in [9.17, 15) is 0 Å². The second-order valence-corrected chi connectivity index (χ2v) is 6.90. The van der Waals surface area contributed by atoms with Gasteiger partial charge in [0.2, 0.25) is 0 Å². The minimum absolute atomic E-state index is 0.422. The number of anilines is 1. The van der Waals surface area contributed by atoms with Crippen LogP contribution in [-0.2, 0) is 12.8 Å². The number of aryl methyl sites for hydroxylation is 1. The third-order valence-corrected chi connectivity index (χ3v) is 5.00. The normalized spacial score (nSPS) is 14.8. The first-order valence-corrected chi connectivity index (χ1v) is 8.70. The maximum atomic E-state index is 2.50. The van der Waals surface area contributed by atoms with E-state index in [-0.39, 0.29) is 0 Å². The third-order valence-electron chi connectivity index (χ3n) is 5.00. The van der Waals surface area contributed by atoms with Crippen molar-refractivity contribution in [2.45, 2.75) is 31.7 Å². The fourth-order valence-corrected chi connectivity index (χ4v) is 3.74. The van der Waals surface area contributed by atoms with Gasteiger partial charge in [-0.05, 0) is 69.1 Å². The Hall–Kier alpha value is -1.80. The first-order valence-electron chi connectivity index (χ1n) is 8.70. The average Bonchev–Trinajstić information content (AvgIpc) is 3.04. The van der Waals surface area contributed by atoms with Gasteiger partial charge in [-0.25, -0.2) is 0 Å². The van der Waals surface area contributed by atoms with Gasteiger partial charge in [-0.3, -0.25) is 0 Å². The summed E-state index contributed by atoms with van der Waals surface area (Å²) in [6.07, 6.45) is 4.90. The van der Waals surface area contributed by atoms with Gasteiger partial charge in [0.25, 0.3) is 0 Å². The standard InChI is InChI=1S/C21H28N2/c1-22(2)16-15-20(18-9-5-4-6-10-18)23(3)21-14-8-12-17-11-7-13-19(17)21/h4-6,8-10,12,14,20H,7,11,13,15-16H2,1-3H3. The van der Waals surface area contributed by atoms with Gasteiger partial charge in [-0.15, -0.1) is 0 Å². The van der Waals surface area contributed by atoms with Crippen LogP contribution in [0, 0.1) is 0 Å². The Balaban J connectivity index is 1.91. The average molecular weight is 308 g/mol. The summed E-state index contributed by atoms with van der Waals surface area (Å²) in [5.41, 5.74) is 5.95. The van der Waals surface area contributed by atoms with E-state index in [0.717, 1.165) is 13.0 Å². The quantitative estimate of drug-likeness (QED) is 0.785. The van der Waals surface area contributed by atoms with E-state index in [1.807, 2.05) is 0 Å². The molecule has 0 amide bonds. The molecule has 0 fully saturated rings. The van der Waals surface area contributed by atoms with E-state index in [2.05, 4.69) is 79.5 Å². The molecular formula is C21H28N2. The highest BCUT2D eigenvalue weighted by Crippen LogP contribution is 2.35. The molecule has 2 nitrogen and oxygen atoms in total. The van der Waals surface area contributed by atoms with Gasteiger partial charge >= 0.3 is 0 Å². The zero-order valence-electron chi connectivity index (χ0n) is 14.6. The highest BCUT2D eigenvalue weighted by molar-refractivity contribution is 5.59. The molecule has 1 atom stereocenters. The molecule has 0 saturated carbocycles. The van der Waals surface area contributed by atoms with Crippen LogP contribution in [0.15, 0.2) is 48.5 Å². The van der Waals surface area contributed by atoms with Crippen molar-refractivity contribution in [3.8, 4) is 0 Å². The Labute approximate surface area is 140 Å². The molecule has 0 heterocycles. The van der Waals surface area contributed by atoms with Crippen LogP contribution in [0.2, 0.25) is 0 Å². The summed E-state index contributed by atoms with van der Waals surface area (Å²) in [4.78, 5) is 4.78. The summed E-state index contributed by atoms with van der Waals surface area (Å²) in [5, 5.41) is 0. The van der Waals surface area contributed by atoms with Crippen molar-refractivity contribution in [2.75, 3.05) is 32.6 Å². The smallest absolute Gasteiger partial charge is 0.0551 e. The third kappa shape index (κ3) is 3.59. The first kappa shape index (κ1) is 16.1. The van der Waals surface area contributed by atoms with E-state index < -0.39 is 0 Å². The van der Waals surface area contributed by atoms with E-state index in [1.54, 1.807) is 11.1 Å². The molecule has 2 aromatic rings. The van der Waals surface area contributed by atoms with Crippen molar-refractivity contribution in [3.05, 3.63) is 65.2 Å². The molecule has 0 N–H and O–H groups in total. The summed E-state index contributed by atoms with van der Waals surface area (Å²) in [6, 6.07) is 18.2. The molecule has 2 aromatic carbocycles. The Morgan fingerprint density at radius 3 is 2.43 bits per heavy atom. The minimum atomic E-state index is 0.422. The molecule has 1 aliphatic carbocycles. The van der Waals surface area contributed by atoms with E-state index in [0.29, 0.717) is 6.04 Å². The van der Waals surface area contributed by atoms with Crippen LogP contribution in [0.5, 0.6) is 0 Å². The maximum absolute atomic E-state index is 2.50. The first-order chi connectivity index (χ1) is 11.2. The zero-order chi connectivity index (χ0) is 16.2. The molecule has 0 aliphatic heterocycles. The predicted molar refractivity (Wildman–Crippen MR) is 99.2 cm³/mol. The monoisotopic (exact) mass is 308 g/mol. The van der Waals surface area contributed by atoms with Crippen LogP contribution in [0.4, 0.5) is 5.69 Å². The minimum Gasteiger partial charge on any atom is -0.367 e. The van der Waals surface area contributed by atoms with Gasteiger partial charge in [-0.2, -0.15) is 0 Å². The van der Waals surface area contributed by atoms with Gasteiger partial charge in [0.15, 0.2) is 0 Å². The lowest BCUT2D eigenvalue weighted by Crippen LogP contribution is -2.28. The number of nitrogens with zero attached hydrogens (tertiary/aromatic N) is 2. The largest absolute Gasteiger partial charge is 0.367 e.